The molecule has 0 aliphatic heterocycles. The number of hydrogen-bond acceptors (Lipinski definition) is 2. The third-order valence-corrected chi connectivity index (χ3v) is 4.23. The molecular formula is C22H29FN2O. The smallest absolute Gasteiger partial charge is 0.224 e. The molecule has 2 N–H and O–H groups in total. The monoisotopic (exact) mass is 356 g/mol. The minimum Gasteiger partial charge on any atom is -0.381 e. The van der Waals surface area contributed by atoms with E-state index in [0.29, 0.717) is 13.0 Å². The van der Waals surface area contributed by atoms with Crippen molar-refractivity contribution in [1.82, 2.24) is 0 Å². The number of amides is 1. The van der Waals surface area contributed by atoms with Gasteiger partial charge in [0.15, 0.2) is 0 Å². The number of halogens is 1. The molecule has 1 amide bonds. The van der Waals surface area contributed by atoms with E-state index in [0.717, 1.165) is 34.5 Å². The Labute approximate surface area is 156 Å². The van der Waals surface area contributed by atoms with E-state index in [1.165, 1.54) is 12.1 Å². The van der Waals surface area contributed by atoms with Gasteiger partial charge >= 0.3 is 0 Å². The average molecular weight is 356 g/mol. The number of anilines is 2. The van der Waals surface area contributed by atoms with Crippen LogP contribution in [-0.2, 0) is 17.8 Å². The van der Waals surface area contributed by atoms with Crippen LogP contribution in [0.3, 0.4) is 0 Å². The van der Waals surface area contributed by atoms with Crippen LogP contribution in [0.5, 0.6) is 0 Å². The van der Waals surface area contributed by atoms with Crippen molar-refractivity contribution < 1.29 is 9.18 Å². The molecule has 0 aliphatic carbocycles. The molecule has 0 unspecified atom stereocenters. The Kier molecular flexibility index (Phi) is 6.41. The molecule has 140 valence electrons. The van der Waals surface area contributed by atoms with Crippen LogP contribution in [0.2, 0.25) is 0 Å². The van der Waals surface area contributed by atoms with Gasteiger partial charge in [-0.3, -0.25) is 4.79 Å². The van der Waals surface area contributed by atoms with Gasteiger partial charge in [0, 0.05) is 24.3 Å². The van der Waals surface area contributed by atoms with Gasteiger partial charge in [0.2, 0.25) is 5.91 Å². The van der Waals surface area contributed by atoms with Crippen molar-refractivity contribution in [3.63, 3.8) is 0 Å². The minimum atomic E-state index is -0.234. The molecule has 2 rings (SSSR count). The zero-order valence-corrected chi connectivity index (χ0v) is 16.4. The maximum Gasteiger partial charge on any atom is 0.224 e. The second kappa shape index (κ2) is 8.35. The molecule has 0 atom stereocenters. The zero-order valence-electron chi connectivity index (χ0n) is 16.4. The zero-order chi connectivity index (χ0) is 19.3. The number of carbonyl (C=O) groups excluding carboxylic acids is 1. The van der Waals surface area contributed by atoms with E-state index in [4.69, 9.17) is 0 Å². The lowest BCUT2D eigenvalue weighted by Crippen LogP contribution is -2.21. The van der Waals surface area contributed by atoms with Crippen LogP contribution in [0.4, 0.5) is 15.8 Å². The van der Waals surface area contributed by atoms with E-state index in [1.54, 1.807) is 12.1 Å². The second-order valence-corrected chi connectivity index (χ2v) is 7.90. The van der Waals surface area contributed by atoms with Crippen LogP contribution in [0.1, 0.15) is 50.8 Å². The Balaban J connectivity index is 2.19. The summed E-state index contributed by atoms with van der Waals surface area (Å²) < 4.78 is 13.0. The lowest BCUT2D eigenvalue weighted by molar-refractivity contribution is -0.117. The maximum absolute atomic E-state index is 13.0. The van der Waals surface area contributed by atoms with Crippen molar-refractivity contribution in [3.05, 3.63) is 58.9 Å². The standard InChI is InChI=1S/C22H29FN2O/c1-6-18-19(24-14-16-8-10-17(23)11-9-16)12-7-15(2)21(18)25-20(26)13-22(3,4)5/h7-12,24H,6,13-14H2,1-5H3,(H,25,26). The topological polar surface area (TPSA) is 41.1 Å². The Hall–Kier alpha value is -2.36. The summed E-state index contributed by atoms with van der Waals surface area (Å²) in [6.07, 6.45) is 1.28. The van der Waals surface area contributed by atoms with Gasteiger partial charge in [-0.25, -0.2) is 4.39 Å². The molecule has 3 nitrogen and oxygen atoms in total. The highest BCUT2D eigenvalue weighted by atomic mass is 19.1. The summed E-state index contributed by atoms with van der Waals surface area (Å²) in [5, 5.41) is 6.52. The molecule has 0 aliphatic rings. The van der Waals surface area contributed by atoms with E-state index in [-0.39, 0.29) is 17.1 Å². The van der Waals surface area contributed by atoms with Gasteiger partial charge in [-0.1, -0.05) is 45.9 Å². The van der Waals surface area contributed by atoms with Gasteiger partial charge in [-0.05, 0) is 53.6 Å². The summed E-state index contributed by atoms with van der Waals surface area (Å²) >= 11 is 0. The molecule has 26 heavy (non-hydrogen) atoms. The third-order valence-electron chi connectivity index (χ3n) is 4.23. The normalized spacial score (nSPS) is 11.3. The third kappa shape index (κ3) is 5.58. The van der Waals surface area contributed by atoms with Gasteiger partial charge in [0.25, 0.3) is 0 Å². The average Bonchev–Trinajstić information content (AvgIpc) is 2.55. The van der Waals surface area contributed by atoms with Gasteiger partial charge in [-0.15, -0.1) is 0 Å². The first kappa shape index (κ1) is 20.0. The van der Waals surface area contributed by atoms with E-state index in [1.807, 2.05) is 19.1 Å². The summed E-state index contributed by atoms with van der Waals surface area (Å²) in [5.74, 6) is -0.201. The van der Waals surface area contributed by atoms with E-state index < -0.39 is 0 Å². The van der Waals surface area contributed by atoms with Crippen LogP contribution >= 0.6 is 0 Å². The van der Waals surface area contributed by atoms with Crippen molar-refractivity contribution in [2.45, 2.75) is 54.0 Å². The van der Waals surface area contributed by atoms with Crippen LogP contribution in [0, 0.1) is 18.2 Å². The predicted octanol–water partition coefficient (Wildman–Crippen LogP) is 5.68. The SMILES string of the molecule is CCc1c(NCc2ccc(F)cc2)ccc(C)c1NC(=O)CC(C)(C)C. The highest BCUT2D eigenvalue weighted by Gasteiger charge is 2.18. The number of carbonyl (C=O) groups is 1. The Morgan fingerprint density at radius 1 is 1.08 bits per heavy atom. The fraction of sp³-hybridized carbons (Fsp3) is 0.409. The van der Waals surface area contributed by atoms with Crippen LogP contribution in [0.25, 0.3) is 0 Å². The van der Waals surface area contributed by atoms with Gasteiger partial charge < -0.3 is 10.6 Å². The number of aryl methyl sites for hydroxylation is 1. The molecular weight excluding hydrogens is 327 g/mol. The van der Waals surface area contributed by atoms with Crippen molar-refractivity contribution >= 4 is 17.3 Å². The molecule has 0 fully saturated rings. The van der Waals surface area contributed by atoms with E-state index >= 15 is 0 Å². The summed E-state index contributed by atoms with van der Waals surface area (Å²) in [4.78, 5) is 12.4. The number of hydrogen-bond donors (Lipinski definition) is 2. The largest absolute Gasteiger partial charge is 0.381 e. The maximum atomic E-state index is 13.0. The molecule has 0 saturated heterocycles. The van der Waals surface area contributed by atoms with Gasteiger partial charge in [0.1, 0.15) is 5.82 Å². The lowest BCUT2D eigenvalue weighted by atomic mass is 9.91. The highest BCUT2D eigenvalue weighted by Crippen LogP contribution is 2.30. The van der Waals surface area contributed by atoms with Crippen molar-refractivity contribution in [3.8, 4) is 0 Å². The Morgan fingerprint density at radius 3 is 2.31 bits per heavy atom. The number of rotatable bonds is 6. The second-order valence-electron chi connectivity index (χ2n) is 7.90. The molecule has 0 heterocycles. The molecule has 2 aromatic carbocycles. The van der Waals surface area contributed by atoms with E-state index in [9.17, 15) is 9.18 Å². The van der Waals surface area contributed by atoms with Gasteiger partial charge in [0.05, 0.1) is 0 Å². The molecule has 4 heteroatoms. The number of benzene rings is 2. The molecule has 0 spiro atoms. The summed E-state index contributed by atoms with van der Waals surface area (Å²) in [7, 11) is 0. The quantitative estimate of drug-likeness (QED) is 0.699. The van der Waals surface area contributed by atoms with Crippen molar-refractivity contribution in [1.29, 1.82) is 0 Å². The van der Waals surface area contributed by atoms with Crippen LogP contribution in [-0.4, -0.2) is 5.91 Å². The van der Waals surface area contributed by atoms with Gasteiger partial charge in [-0.2, -0.15) is 0 Å². The lowest BCUT2D eigenvalue weighted by Gasteiger charge is -2.21. The van der Waals surface area contributed by atoms with Crippen LogP contribution < -0.4 is 10.6 Å². The minimum absolute atomic E-state index is 0.0333. The number of nitrogens with one attached hydrogen (secondary N) is 2. The molecule has 0 aromatic heterocycles. The van der Waals surface area contributed by atoms with E-state index in [2.05, 4.69) is 38.3 Å². The molecule has 0 saturated carbocycles. The van der Waals surface area contributed by atoms with Crippen LogP contribution in [0.15, 0.2) is 36.4 Å². The fourth-order valence-corrected chi connectivity index (χ4v) is 2.94. The molecule has 2 aromatic rings. The molecule has 0 radical (unpaired) electrons. The highest BCUT2D eigenvalue weighted by molar-refractivity contribution is 5.93. The first-order valence-corrected chi connectivity index (χ1v) is 9.10. The first-order valence-electron chi connectivity index (χ1n) is 9.10. The summed E-state index contributed by atoms with van der Waals surface area (Å²) in [6.45, 7) is 10.9. The fourth-order valence-electron chi connectivity index (χ4n) is 2.94. The first-order chi connectivity index (χ1) is 12.2. The Bertz CT molecular complexity index is 761. The van der Waals surface area contributed by atoms with Crippen molar-refractivity contribution in [2.24, 2.45) is 5.41 Å². The predicted molar refractivity (Wildman–Crippen MR) is 107 cm³/mol. The summed E-state index contributed by atoms with van der Waals surface area (Å²) in [6, 6.07) is 10.5. The Morgan fingerprint density at radius 2 is 1.73 bits per heavy atom. The molecule has 0 bridgehead atoms. The summed E-state index contributed by atoms with van der Waals surface area (Å²) in [5.41, 5.74) is 4.99. The van der Waals surface area contributed by atoms with Crippen molar-refractivity contribution in [2.75, 3.05) is 10.6 Å².